The van der Waals surface area contributed by atoms with Gasteiger partial charge < -0.3 is 10.8 Å². The summed E-state index contributed by atoms with van der Waals surface area (Å²) in [6, 6.07) is 9.47. The van der Waals surface area contributed by atoms with Crippen LogP contribution in [0.4, 0.5) is 0 Å². The van der Waals surface area contributed by atoms with E-state index < -0.39 is 5.60 Å². The molecule has 5 nitrogen and oxygen atoms in total. The Labute approximate surface area is 99.9 Å². The van der Waals surface area contributed by atoms with Crippen LogP contribution in [0.15, 0.2) is 43.0 Å². The van der Waals surface area contributed by atoms with Crippen LogP contribution in [0.25, 0.3) is 0 Å². The van der Waals surface area contributed by atoms with Crippen LogP contribution >= 0.6 is 0 Å². The van der Waals surface area contributed by atoms with Crippen LogP contribution in [-0.4, -0.2) is 26.4 Å². The number of hydrogen-bond donors (Lipinski definition) is 2. The van der Waals surface area contributed by atoms with Gasteiger partial charge in [-0.1, -0.05) is 30.3 Å². The van der Waals surface area contributed by atoms with Gasteiger partial charge in [-0.2, -0.15) is 5.10 Å². The van der Waals surface area contributed by atoms with Crippen molar-refractivity contribution in [3.8, 4) is 0 Å². The lowest BCUT2D eigenvalue weighted by Gasteiger charge is -2.27. The maximum absolute atomic E-state index is 10.5. The lowest BCUT2D eigenvalue weighted by molar-refractivity contribution is 0.0312. The van der Waals surface area contributed by atoms with E-state index in [9.17, 15) is 5.11 Å². The number of benzene rings is 1. The molecule has 0 saturated heterocycles. The first-order valence-corrected chi connectivity index (χ1v) is 5.55. The highest BCUT2D eigenvalue weighted by atomic mass is 16.3. The Hall–Kier alpha value is -1.72. The summed E-state index contributed by atoms with van der Waals surface area (Å²) in [6.45, 7) is 0.772. The molecule has 5 heteroatoms. The monoisotopic (exact) mass is 232 g/mol. The van der Waals surface area contributed by atoms with Crippen molar-refractivity contribution in [1.82, 2.24) is 14.8 Å². The van der Waals surface area contributed by atoms with Gasteiger partial charge in [0.15, 0.2) is 0 Å². The molecule has 1 heterocycles. The van der Waals surface area contributed by atoms with Crippen LogP contribution in [0, 0.1) is 0 Å². The highest BCUT2D eigenvalue weighted by Gasteiger charge is 2.27. The molecule has 0 radical (unpaired) electrons. The van der Waals surface area contributed by atoms with Crippen LogP contribution in [-0.2, 0) is 12.1 Å². The first-order valence-electron chi connectivity index (χ1n) is 5.55. The van der Waals surface area contributed by atoms with E-state index in [0.717, 1.165) is 5.56 Å². The van der Waals surface area contributed by atoms with Crippen molar-refractivity contribution in [3.63, 3.8) is 0 Å². The van der Waals surface area contributed by atoms with Crippen molar-refractivity contribution in [3.05, 3.63) is 48.5 Å². The average molecular weight is 232 g/mol. The zero-order valence-corrected chi connectivity index (χ0v) is 9.53. The molecule has 0 aliphatic rings. The molecule has 0 bridgehead atoms. The third-order valence-corrected chi connectivity index (χ3v) is 2.87. The Morgan fingerprint density at radius 3 is 2.65 bits per heavy atom. The van der Waals surface area contributed by atoms with Gasteiger partial charge in [0, 0.05) is 19.5 Å². The summed E-state index contributed by atoms with van der Waals surface area (Å²) in [7, 11) is 0. The Bertz CT molecular complexity index is 443. The quantitative estimate of drug-likeness (QED) is 0.787. The summed E-state index contributed by atoms with van der Waals surface area (Å²) in [5, 5.41) is 14.5. The third-order valence-electron chi connectivity index (χ3n) is 2.87. The minimum atomic E-state index is -1.01. The van der Waals surface area contributed by atoms with Gasteiger partial charge >= 0.3 is 0 Å². The van der Waals surface area contributed by atoms with Crippen LogP contribution < -0.4 is 5.73 Å². The first kappa shape index (κ1) is 11.8. The fourth-order valence-corrected chi connectivity index (χ4v) is 1.76. The second kappa shape index (κ2) is 5.07. The molecule has 0 aliphatic carbocycles. The van der Waals surface area contributed by atoms with E-state index in [1.807, 2.05) is 30.3 Å². The van der Waals surface area contributed by atoms with Gasteiger partial charge in [-0.15, -0.1) is 0 Å². The Kier molecular flexibility index (Phi) is 3.51. The van der Waals surface area contributed by atoms with Crippen molar-refractivity contribution in [2.75, 3.05) is 6.54 Å². The second-order valence-electron chi connectivity index (χ2n) is 4.01. The Morgan fingerprint density at radius 2 is 2.06 bits per heavy atom. The van der Waals surface area contributed by atoms with Crippen LogP contribution in [0.2, 0.25) is 0 Å². The molecular weight excluding hydrogens is 216 g/mol. The van der Waals surface area contributed by atoms with Crippen molar-refractivity contribution in [1.29, 1.82) is 0 Å². The Morgan fingerprint density at radius 1 is 1.29 bits per heavy atom. The lowest BCUT2D eigenvalue weighted by atomic mass is 9.90. The molecular formula is C12H16N4O. The van der Waals surface area contributed by atoms with E-state index in [0.29, 0.717) is 13.0 Å². The zero-order valence-electron chi connectivity index (χ0n) is 9.53. The summed E-state index contributed by atoms with van der Waals surface area (Å²) < 4.78 is 1.68. The number of nitrogens with two attached hydrogens (primary N) is 1. The number of rotatable bonds is 5. The van der Waals surface area contributed by atoms with Gasteiger partial charge in [0.25, 0.3) is 0 Å². The van der Waals surface area contributed by atoms with Crippen molar-refractivity contribution >= 4 is 0 Å². The van der Waals surface area contributed by atoms with E-state index in [-0.39, 0.29) is 6.54 Å². The number of aromatic nitrogens is 3. The molecule has 1 unspecified atom stereocenters. The molecule has 0 fully saturated rings. The predicted octanol–water partition coefficient (Wildman–Crippen LogP) is 0.515. The maximum atomic E-state index is 10.5. The fraction of sp³-hybridized carbons (Fsp3) is 0.333. The summed E-state index contributed by atoms with van der Waals surface area (Å²) in [4.78, 5) is 3.86. The normalized spacial score (nSPS) is 14.5. The SMILES string of the molecule is NCC(O)(CCn1cncn1)c1ccccc1. The topological polar surface area (TPSA) is 77.0 Å². The number of aliphatic hydroxyl groups is 1. The summed E-state index contributed by atoms with van der Waals surface area (Å²) in [6.07, 6.45) is 3.61. The maximum Gasteiger partial charge on any atom is 0.137 e. The molecule has 0 saturated carbocycles. The number of aryl methyl sites for hydroxylation is 1. The molecule has 0 spiro atoms. The zero-order chi connectivity index (χ0) is 12.1. The molecule has 0 aliphatic heterocycles. The molecule has 1 aromatic carbocycles. The van der Waals surface area contributed by atoms with Crippen molar-refractivity contribution < 1.29 is 5.11 Å². The molecule has 0 amide bonds. The molecule has 90 valence electrons. The van der Waals surface area contributed by atoms with E-state index in [2.05, 4.69) is 10.1 Å². The standard InChI is InChI=1S/C12H16N4O/c13-8-12(17,11-4-2-1-3-5-11)6-7-16-10-14-9-15-16/h1-5,9-10,17H,6-8,13H2. The highest BCUT2D eigenvalue weighted by molar-refractivity contribution is 5.22. The van der Waals surface area contributed by atoms with Gasteiger partial charge in [0.05, 0.1) is 0 Å². The molecule has 1 atom stereocenters. The lowest BCUT2D eigenvalue weighted by Crippen LogP contribution is -2.36. The van der Waals surface area contributed by atoms with E-state index >= 15 is 0 Å². The van der Waals surface area contributed by atoms with E-state index in [1.54, 1.807) is 11.0 Å². The van der Waals surface area contributed by atoms with Gasteiger partial charge in [-0.25, -0.2) is 4.98 Å². The number of hydrogen-bond acceptors (Lipinski definition) is 4. The first-order chi connectivity index (χ1) is 8.24. The summed E-state index contributed by atoms with van der Waals surface area (Å²) >= 11 is 0. The minimum absolute atomic E-state index is 0.186. The van der Waals surface area contributed by atoms with Gasteiger partial charge in [0.1, 0.15) is 18.3 Å². The Balaban J connectivity index is 2.09. The summed E-state index contributed by atoms with van der Waals surface area (Å²) in [5.41, 5.74) is 5.51. The van der Waals surface area contributed by atoms with Crippen molar-refractivity contribution in [2.45, 2.75) is 18.6 Å². The smallest absolute Gasteiger partial charge is 0.137 e. The van der Waals surface area contributed by atoms with E-state index in [1.165, 1.54) is 6.33 Å². The fourth-order valence-electron chi connectivity index (χ4n) is 1.76. The van der Waals surface area contributed by atoms with Crippen LogP contribution in [0.1, 0.15) is 12.0 Å². The number of nitrogens with zero attached hydrogens (tertiary/aromatic N) is 3. The minimum Gasteiger partial charge on any atom is -0.384 e. The highest BCUT2D eigenvalue weighted by Crippen LogP contribution is 2.24. The predicted molar refractivity (Wildman–Crippen MR) is 64.0 cm³/mol. The molecule has 1 aromatic heterocycles. The van der Waals surface area contributed by atoms with E-state index in [4.69, 9.17) is 5.73 Å². The van der Waals surface area contributed by atoms with Gasteiger partial charge in [-0.05, 0) is 5.56 Å². The second-order valence-corrected chi connectivity index (χ2v) is 4.01. The van der Waals surface area contributed by atoms with Crippen LogP contribution in [0.3, 0.4) is 0 Å². The van der Waals surface area contributed by atoms with Gasteiger partial charge in [0.2, 0.25) is 0 Å². The summed E-state index contributed by atoms with van der Waals surface area (Å²) in [5.74, 6) is 0. The van der Waals surface area contributed by atoms with Crippen molar-refractivity contribution in [2.24, 2.45) is 5.73 Å². The van der Waals surface area contributed by atoms with Crippen LogP contribution in [0.5, 0.6) is 0 Å². The van der Waals surface area contributed by atoms with Gasteiger partial charge in [-0.3, -0.25) is 4.68 Å². The average Bonchev–Trinajstić information content (AvgIpc) is 2.90. The molecule has 2 aromatic rings. The molecule has 17 heavy (non-hydrogen) atoms. The largest absolute Gasteiger partial charge is 0.384 e. The third kappa shape index (κ3) is 2.69. The molecule has 2 rings (SSSR count). The molecule has 3 N–H and O–H groups in total.